The maximum Gasteiger partial charge on any atom is 0.303 e. The molecule has 1 aromatic heterocycles. The molecule has 1 rings (SSSR count). The van der Waals surface area contributed by atoms with Crippen molar-refractivity contribution in [2.45, 2.75) is 39.0 Å². The molecule has 0 spiro atoms. The number of aromatic nitrogens is 1. The van der Waals surface area contributed by atoms with Crippen LogP contribution in [0.3, 0.4) is 0 Å². The second-order valence-corrected chi connectivity index (χ2v) is 5.07. The fourth-order valence-electron chi connectivity index (χ4n) is 2.25. The normalized spacial score (nSPS) is 11.9. The number of carboxylic acids is 1. The number of amides is 1. The van der Waals surface area contributed by atoms with E-state index in [9.17, 15) is 9.59 Å². The van der Waals surface area contributed by atoms with E-state index in [-0.39, 0.29) is 18.0 Å². The van der Waals surface area contributed by atoms with Crippen molar-refractivity contribution in [2.24, 2.45) is 5.92 Å². The molecule has 0 aromatic carbocycles. The van der Waals surface area contributed by atoms with Crippen LogP contribution in [0.1, 0.15) is 49.5 Å². The monoisotopic (exact) mass is 293 g/mol. The van der Waals surface area contributed by atoms with E-state index in [2.05, 4.69) is 17.2 Å². The summed E-state index contributed by atoms with van der Waals surface area (Å²) in [6, 6.07) is 3.31. The quantitative estimate of drug-likeness (QED) is 0.646. The molecule has 116 valence electrons. The van der Waals surface area contributed by atoms with Crippen molar-refractivity contribution in [1.82, 2.24) is 10.3 Å². The van der Waals surface area contributed by atoms with E-state index in [1.807, 2.05) is 0 Å². The lowest BCUT2D eigenvalue weighted by atomic mass is 9.94. The zero-order chi connectivity index (χ0) is 15.7. The number of carboxylic acid groups (broad SMARTS) is 1. The van der Waals surface area contributed by atoms with E-state index in [1.165, 1.54) is 6.20 Å². The van der Waals surface area contributed by atoms with Crippen LogP contribution >= 0.6 is 0 Å². The molecule has 4 N–H and O–H groups in total. The molecule has 0 saturated carbocycles. The summed E-state index contributed by atoms with van der Waals surface area (Å²) >= 11 is 0. The summed E-state index contributed by atoms with van der Waals surface area (Å²) in [5.74, 6) is -0.754. The number of nitrogens with zero attached hydrogens (tertiary/aromatic N) is 1. The first-order valence-corrected chi connectivity index (χ1v) is 7.25. The maximum absolute atomic E-state index is 11.9. The predicted molar refractivity (Wildman–Crippen MR) is 80.9 cm³/mol. The first-order chi connectivity index (χ1) is 10.0. The van der Waals surface area contributed by atoms with Gasteiger partial charge in [-0.05, 0) is 30.9 Å². The van der Waals surface area contributed by atoms with Crippen LogP contribution in [0.4, 0.5) is 5.69 Å². The Morgan fingerprint density at radius 1 is 1.38 bits per heavy atom. The number of carbonyl (C=O) groups is 2. The first kappa shape index (κ1) is 16.9. The fraction of sp³-hybridized carbons (Fsp3) is 0.533. The molecule has 0 aliphatic heterocycles. The Bertz CT molecular complexity index is 477. The van der Waals surface area contributed by atoms with E-state index >= 15 is 0 Å². The summed E-state index contributed by atoms with van der Waals surface area (Å²) in [5, 5.41) is 11.5. The highest BCUT2D eigenvalue weighted by atomic mass is 16.4. The highest BCUT2D eigenvalue weighted by Gasteiger charge is 2.13. The molecule has 1 unspecified atom stereocenters. The molecular weight excluding hydrogens is 270 g/mol. The molecule has 0 fully saturated rings. The second-order valence-electron chi connectivity index (χ2n) is 5.07. The minimum atomic E-state index is -0.776. The van der Waals surface area contributed by atoms with Gasteiger partial charge >= 0.3 is 5.97 Å². The molecule has 6 nitrogen and oxygen atoms in total. The lowest BCUT2D eigenvalue weighted by Crippen LogP contribution is -2.27. The van der Waals surface area contributed by atoms with Gasteiger partial charge in [-0.15, -0.1) is 0 Å². The number of pyridine rings is 1. The largest absolute Gasteiger partial charge is 0.481 e. The molecule has 0 saturated heterocycles. The first-order valence-electron chi connectivity index (χ1n) is 7.25. The number of rotatable bonds is 9. The van der Waals surface area contributed by atoms with Crippen molar-refractivity contribution in [1.29, 1.82) is 0 Å². The lowest BCUT2D eigenvalue weighted by molar-refractivity contribution is -0.137. The van der Waals surface area contributed by atoms with Gasteiger partial charge in [0.05, 0.1) is 5.69 Å². The maximum atomic E-state index is 11.9. The van der Waals surface area contributed by atoms with E-state index in [0.29, 0.717) is 24.6 Å². The smallest absolute Gasteiger partial charge is 0.303 e. The van der Waals surface area contributed by atoms with E-state index in [0.717, 1.165) is 19.3 Å². The molecule has 0 aliphatic carbocycles. The predicted octanol–water partition coefficient (Wildman–Crippen LogP) is 2.06. The van der Waals surface area contributed by atoms with Gasteiger partial charge in [-0.2, -0.15) is 0 Å². The van der Waals surface area contributed by atoms with Crippen LogP contribution in [0.25, 0.3) is 0 Å². The van der Waals surface area contributed by atoms with Gasteiger partial charge < -0.3 is 16.2 Å². The van der Waals surface area contributed by atoms with Crippen LogP contribution in [0, 0.1) is 5.92 Å². The van der Waals surface area contributed by atoms with Crippen LogP contribution in [0.5, 0.6) is 0 Å². The summed E-state index contributed by atoms with van der Waals surface area (Å²) < 4.78 is 0. The van der Waals surface area contributed by atoms with Crippen molar-refractivity contribution < 1.29 is 14.7 Å². The Balaban J connectivity index is 2.41. The highest BCUT2D eigenvalue weighted by molar-refractivity contribution is 5.96. The summed E-state index contributed by atoms with van der Waals surface area (Å²) in [4.78, 5) is 26.5. The van der Waals surface area contributed by atoms with Gasteiger partial charge in [0.2, 0.25) is 0 Å². The molecular formula is C15H23N3O3. The Morgan fingerprint density at radius 3 is 2.76 bits per heavy atom. The van der Waals surface area contributed by atoms with Crippen LogP contribution in [-0.2, 0) is 4.79 Å². The number of nitrogen functional groups attached to an aromatic ring is 1. The average Bonchev–Trinajstić information content (AvgIpc) is 2.45. The number of hydrogen-bond acceptors (Lipinski definition) is 4. The number of nitrogens with one attached hydrogen (secondary N) is 1. The number of hydrogen-bond donors (Lipinski definition) is 3. The molecule has 6 heteroatoms. The van der Waals surface area contributed by atoms with Gasteiger partial charge in [0.25, 0.3) is 5.91 Å². The molecule has 0 bridgehead atoms. The third-order valence-corrected chi connectivity index (χ3v) is 3.36. The summed E-state index contributed by atoms with van der Waals surface area (Å²) in [7, 11) is 0. The summed E-state index contributed by atoms with van der Waals surface area (Å²) in [5.41, 5.74) is 6.28. The van der Waals surface area contributed by atoms with Crippen LogP contribution in [0.2, 0.25) is 0 Å². The zero-order valence-corrected chi connectivity index (χ0v) is 12.3. The van der Waals surface area contributed by atoms with Crippen molar-refractivity contribution in [3.8, 4) is 0 Å². The van der Waals surface area contributed by atoms with Crippen LogP contribution < -0.4 is 11.1 Å². The van der Waals surface area contributed by atoms with Gasteiger partial charge in [-0.3, -0.25) is 9.59 Å². The molecule has 0 aliphatic rings. The Kier molecular flexibility index (Phi) is 7.21. The topological polar surface area (TPSA) is 105 Å². The van der Waals surface area contributed by atoms with Gasteiger partial charge in [0, 0.05) is 19.2 Å². The van der Waals surface area contributed by atoms with Gasteiger partial charge in [-0.1, -0.05) is 19.8 Å². The van der Waals surface area contributed by atoms with Gasteiger partial charge in [0.1, 0.15) is 0 Å². The number of nitrogens with two attached hydrogens (primary N) is 1. The van der Waals surface area contributed by atoms with Crippen molar-refractivity contribution in [3.05, 3.63) is 24.0 Å². The molecule has 21 heavy (non-hydrogen) atoms. The van der Waals surface area contributed by atoms with Gasteiger partial charge in [0.15, 0.2) is 5.69 Å². The standard InChI is InChI=1S/C15H23N3O3/c1-2-4-11(6-7-13(19)20)8-10-18-15(21)14-12(16)5-3-9-17-14/h3,5,9,11H,2,4,6-8,10,16H2,1H3,(H,18,21)(H,19,20). The molecule has 1 heterocycles. The molecule has 1 atom stereocenters. The average molecular weight is 293 g/mol. The van der Waals surface area contributed by atoms with E-state index in [1.54, 1.807) is 12.1 Å². The number of aliphatic carboxylic acids is 1. The Morgan fingerprint density at radius 2 is 2.14 bits per heavy atom. The highest BCUT2D eigenvalue weighted by Crippen LogP contribution is 2.17. The number of anilines is 1. The molecule has 1 aromatic rings. The Labute approximate surface area is 124 Å². The van der Waals surface area contributed by atoms with Gasteiger partial charge in [-0.25, -0.2) is 4.98 Å². The van der Waals surface area contributed by atoms with Crippen LogP contribution in [-0.4, -0.2) is 28.5 Å². The Hall–Kier alpha value is -2.11. The zero-order valence-electron chi connectivity index (χ0n) is 12.3. The van der Waals surface area contributed by atoms with Crippen molar-refractivity contribution in [3.63, 3.8) is 0 Å². The third-order valence-electron chi connectivity index (χ3n) is 3.36. The fourth-order valence-corrected chi connectivity index (χ4v) is 2.25. The SMILES string of the molecule is CCCC(CCNC(=O)c1ncccc1N)CCC(=O)O. The minimum Gasteiger partial charge on any atom is -0.481 e. The second kappa shape index (κ2) is 8.94. The van der Waals surface area contributed by atoms with Crippen molar-refractivity contribution in [2.75, 3.05) is 12.3 Å². The van der Waals surface area contributed by atoms with E-state index in [4.69, 9.17) is 10.8 Å². The number of carbonyl (C=O) groups excluding carboxylic acids is 1. The minimum absolute atomic E-state index is 0.172. The lowest BCUT2D eigenvalue weighted by Gasteiger charge is -2.15. The molecule has 0 radical (unpaired) electrons. The van der Waals surface area contributed by atoms with Crippen molar-refractivity contribution >= 4 is 17.6 Å². The third kappa shape index (κ3) is 6.25. The van der Waals surface area contributed by atoms with Crippen LogP contribution in [0.15, 0.2) is 18.3 Å². The summed E-state index contributed by atoms with van der Waals surface area (Å²) in [6.45, 7) is 2.57. The van der Waals surface area contributed by atoms with E-state index < -0.39 is 5.97 Å². The molecule has 1 amide bonds. The summed E-state index contributed by atoms with van der Waals surface area (Å²) in [6.07, 6.45) is 5.08.